The molecule has 1 heterocycles. The zero-order valence-electron chi connectivity index (χ0n) is 12.3. The fourth-order valence-corrected chi connectivity index (χ4v) is 3.00. The highest BCUT2D eigenvalue weighted by Gasteiger charge is 2.32. The molecule has 0 amide bonds. The maximum atomic E-state index is 14.1. The first kappa shape index (κ1) is 15.2. The third kappa shape index (κ3) is 2.12. The third-order valence-corrected chi connectivity index (χ3v) is 4.09. The molecule has 0 bridgehead atoms. The van der Waals surface area contributed by atoms with Crippen molar-refractivity contribution in [2.24, 2.45) is 0 Å². The Bertz CT molecular complexity index is 949. The van der Waals surface area contributed by atoms with Gasteiger partial charge in [-0.05, 0) is 25.3 Å². The molecule has 0 spiro atoms. The van der Waals surface area contributed by atoms with E-state index in [-0.39, 0.29) is 28.9 Å². The molecular weight excluding hydrogens is 304 g/mol. The fourth-order valence-electron chi connectivity index (χ4n) is 3.00. The minimum absolute atomic E-state index is 0.0527. The molecule has 118 valence electrons. The Balaban J connectivity index is 2.65. The molecule has 0 saturated heterocycles. The van der Waals surface area contributed by atoms with Gasteiger partial charge < -0.3 is 9.67 Å². The topological polar surface area (TPSA) is 59.3 Å². The van der Waals surface area contributed by atoms with Crippen LogP contribution in [0, 0.1) is 24.0 Å². The number of aromatic carboxylic acids is 1. The molecule has 1 aromatic heterocycles. The van der Waals surface area contributed by atoms with E-state index < -0.39 is 28.6 Å². The molecule has 3 rings (SSSR count). The van der Waals surface area contributed by atoms with Gasteiger partial charge in [0.1, 0.15) is 5.56 Å². The van der Waals surface area contributed by atoms with Gasteiger partial charge in [0.25, 0.3) is 0 Å². The van der Waals surface area contributed by atoms with E-state index >= 15 is 0 Å². The van der Waals surface area contributed by atoms with Crippen LogP contribution < -0.4 is 5.43 Å². The van der Waals surface area contributed by atoms with Crippen LogP contribution in [-0.2, 0) is 6.42 Å². The van der Waals surface area contributed by atoms with Crippen LogP contribution in [0.25, 0.3) is 10.9 Å². The van der Waals surface area contributed by atoms with E-state index in [2.05, 4.69) is 5.92 Å². The molecule has 0 atom stereocenters. The van der Waals surface area contributed by atoms with Crippen LogP contribution in [0.3, 0.4) is 0 Å². The number of aromatic nitrogens is 1. The number of halogens is 2. The van der Waals surface area contributed by atoms with Gasteiger partial charge in [-0.25, -0.2) is 13.6 Å². The summed E-state index contributed by atoms with van der Waals surface area (Å²) >= 11 is 0. The minimum atomic E-state index is -1.38. The van der Waals surface area contributed by atoms with Crippen LogP contribution in [0.2, 0.25) is 0 Å². The predicted octanol–water partition coefficient (Wildman–Crippen LogP) is 2.86. The number of hydrogen-bond donors (Lipinski definition) is 1. The molecule has 6 heteroatoms. The predicted molar refractivity (Wildman–Crippen MR) is 80.7 cm³/mol. The monoisotopic (exact) mass is 317 g/mol. The second kappa shape index (κ2) is 5.20. The van der Waals surface area contributed by atoms with E-state index in [0.717, 1.165) is 18.9 Å². The Labute approximate surface area is 130 Å². The van der Waals surface area contributed by atoms with Crippen molar-refractivity contribution in [2.45, 2.75) is 32.2 Å². The van der Waals surface area contributed by atoms with E-state index in [0.29, 0.717) is 5.69 Å². The van der Waals surface area contributed by atoms with Crippen molar-refractivity contribution in [1.82, 2.24) is 4.57 Å². The molecule has 4 nitrogen and oxygen atoms in total. The number of benzene rings is 1. The second-order valence-electron chi connectivity index (χ2n) is 5.50. The van der Waals surface area contributed by atoms with Gasteiger partial charge in [0.05, 0.1) is 16.5 Å². The number of pyridine rings is 1. The van der Waals surface area contributed by atoms with Gasteiger partial charge >= 0.3 is 5.97 Å². The smallest absolute Gasteiger partial charge is 0.341 e. The lowest BCUT2D eigenvalue weighted by atomic mass is 10.0. The maximum Gasteiger partial charge on any atom is 0.341 e. The molecule has 1 fully saturated rings. The largest absolute Gasteiger partial charge is 0.477 e. The number of carboxylic acids is 1. The van der Waals surface area contributed by atoms with Crippen molar-refractivity contribution in [3.05, 3.63) is 44.7 Å². The van der Waals surface area contributed by atoms with Gasteiger partial charge in [0.15, 0.2) is 11.6 Å². The molecule has 1 saturated carbocycles. The molecule has 1 aromatic carbocycles. The minimum Gasteiger partial charge on any atom is -0.477 e. The van der Waals surface area contributed by atoms with Crippen molar-refractivity contribution in [3.8, 4) is 12.3 Å². The number of terminal acetylenes is 1. The lowest BCUT2D eigenvalue weighted by molar-refractivity contribution is 0.0693. The molecular formula is C17H13F2NO3. The summed E-state index contributed by atoms with van der Waals surface area (Å²) in [5.41, 5.74) is -1.17. The Morgan fingerprint density at radius 1 is 1.48 bits per heavy atom. The van der Waals surface area contributed by atoms with Gasteiger partial charge in [0, 0.05) is 11.7 Å². The average molecular weight is 317 g/mol. The molecule has 0 unspecified atom stereocenters. The summed E-state index contributed by atoms with van der Waals surface area (Å²) in [5.74, 6) is -1.73. The van der Waals surface area contributed by atoms with Crippen LogP contribution in [0.1, 0.15) is 47.4 Å². The number of carbonyl (C=O) groups is 1. The molecule has 1 aliphatic rings. The first-order valence-corrected chi connectivity index (χ1v) is 7.21. The summed E-state index contributed by atoms with van der Waals surface area (Å²) < 4.78 is 29.5. The quantitative estimate of drug-likeness (QED) is 0.886. The molecule has 0 radical (unpaired) electrons. The normalized spacial score (nSPS) is 14.0. The molecule has 2 aromatic rings. The fraction of sp³-hybridized carbons (Fsp3) is 0.294. The van der Waals surface area contributed by atoms with Crippen molar-refractivity contribution in [2.75, 3.05) is 0 Å². The Kier molecular flexibility index (Phi) is 3.44. The van der Waals surface area contributed by atoms with Gasteiger partial charge in [-0.3, -0.25) is 4.79 Å². The number of hydrogen-bond acceptors (Lipinski definition) is 2. The Morgan fingerprint density at radius 2 is 2.13 bits per heavy atom. The standard InChI is InChI=1S/C17H13F2NO3/c1-3-9-14(19)11(18)7-10-15(9)20(8-5-6-8)12(4-2)13(16(10)21)17(22)23/h1,7-8H,4-6H2,2H3,(H,22,23). The van der Waals surface area contributed by atoms with E-state index in [1.54, 1.807) is 11.5 Å². The van der Waals surface area contributed by atoms with Crippen LogP contribution in [-0.4, -0.2) is 15.6 Å². The molecule has 1 aliphatic carbocycles. The summed E-state index contributed by atoms with van der Waals surface area (Å²) in [4.78, 5) is 24.0. The van der Waals surface area contributed by atoms with Crippen molar-refractivity contribution in [3.63, 3.8) is 0 Å². The number of rotatable bonds is 3. The number of nitrogens with zero attached hydrogens (tertiary/aromatic N) is 1. The lowest BCUT2D eigenvalue weighted by Gasteiger charge is -2.19. The van der Waals surface area contributed by atoms with Crippen molar-refractivity contribution < 1.29 is 18.7 Å². The highest BCUT2D eigenvalue weighted by Crippen LogP contribution is 2.40. The average Bonchev–Trinajstić information content (AvgIpc) is 3.33. The highest BCUT2D eigenvalue weighted by atomic mass is 19.2. The molecule has 1 N–H and O–H groups in total. The molecule has 0 aliphatic heterocycles. The SMILES string of the molecule is C#Cc1c(F)c(F)cc2c(=O)c(C(=O)O)c(CC)n(C3CC3)c12. The first-order valence-electron chi connectivity index (χ1n) is 7.21. The Hall–Kier alpha value is -2.68. The molecule has 23 heavy (non-hydrogen) atoms. The van der Waals surface area contributed by atoms with Crippen LogP contribution in [0.4, 0.5) is 8.78 Å². The van der Waals surface area contributed by atoms with Gasteiger partial charge in [-0.2, -0.15) is 0 Å². The highest BCUT2D eigenvalue weighted by molar-refractivity contribution is 5.96. The summed E-state index contributed by atoms with van der Waals surface area (Å²) in [5, 5.41) is 9.20. The van der Waals surface area contributed by atoms with Crippen molar-refractivity contribution >= 4 is 16.9 Å². The van der Waals surface area contributed by atoms with Gasteiger partial charge in [-0.1, -0.05) is 12.8 Å². The Morgan fingerprint density at radius 3 is 2.61 bits per heavy atom. The first-order chi connectivity index (χ1) is 10.9. The maximum absolute atomic E-state index is 14.1. The van der Waals surface area contributed by atoms with Crippen molar-refractivity contribution in [1.29, 1.82) is 0 Å². The van der Waals surface area contributed by atoms with Crippen LogP contribution in [0.5, 0.6) is 0 Å². The zero-order chi connectivity index (χ0) is 16.9. The van der Waals surface area contributed by atoms with E-state index in [9.17, 15) is 23.5 Å². The summed E-state index contributed by atoms with van der Waals surface area (Å²) in [6, 6.07) is 0.682. The lowest BCUT2D eigenvalue weighted by Crippen LogP contribution is -2.25. The second-order valence-corrected chi connectivity index (χ2v) is 5.50. The summed E-state index contributed by atoms with van der Waals surface area (Å²) in [7, 11) is 0. The van der Waals surface area contributed by atoms with Crippen LogP contribution in [0.15, 0.2) is 10.9 Å². The zero-order valence-corrected chi connectivity index (χ0v) is 12.3. The van der Waals surface area contributed by atoms with E-state index in [4.69, 9.17) is 6.42 Å². The van der Waals surface area contributed by atoms with E-state index in [1.165, 1.54) is 0 Å². The van der Waals surface area contributed by atoms with E-state index in [1.807, 2.05) is 0 Å². The van der Waals surface area contributed by atoms with Gasteiger partial charge in [-0.15, -0.1) is 6.42 Å². The summed E-state index contributed by atoms with van der Waals surface area (Å²) in [6.07, 6.45) is 7.14. The summed E-state index contributed by atoms with van der Waals surface area (Å²) in [6.45, 7) is 1.71. The van der Waals surface area contributed by atoms with Crippen LogP contribution >= 0.6 is 0 Å². The third-order valence-electron chi connectivity index (χ3n) is 4.09. The van der Waals surface area contributed by atoms with Gasteiger partial charge in [0.2, 0.25) is 5.43 Å². The number of carboxylic acid groups (broad SMARTS) is 1. The number of fused-ring (bicyclic) bond motifs is 1.